The van der Waals surface area contributed by atoms with E-state index >= 15 is 0 Å². The van der Waals surface area contributed by atoms with Gasteiger partial charge in [0.05, 0.1) is 12.6 Å². The van der Waals surface area contributed by atoms with E-state index in [0.29, 0.717) is 6.10 Å². The molecule has 2 saturated heterocycles. The number of rotatable bonds is 7. The van der Waals surface area contributed by atoms with Gasteiger partial charge >= 0.3 is 0 Å². The Labute approximate surface area is 124 Å². The third-order valence-corrected chi connectivity index (χ3v) is 4.29. The van der Waals surface area contributed by atoms with Crippen molar-refractivity contribution < 1.29 is 4.74 Å². The minimum atomic E-state index is 0.499. The molecule has 0 radical (unpaired) electrons. The molecule has 2 fully saturated rings. The topological polar surface area (TPSA) is 19.0 Å². The van der Waals surface area contributed by atoms with Crippen LogP contribution >= 0.6 is 0 Å². The number of nitrogens with zero attached hydrogens (tertiary/aromatic N) is 3. The number of hydrogen-bond acceptors (Lipinski definition) is 4. The lowest BCUT2D eigenvalue weighted by Crippen LogP contribution is -2.52. The fourth-order valence-corrected chi connectivity index (χ4v) is 2.79. The first kappa shape index (κ1) is 15.8. The SMILES string of the molecule is CC#CCN1CCN(CCCOC2CN(CC)C2)CC1. The van der Waals surface area contributed by atoms with Crippen molar-refractivity contribution >= 4 is 0 Å². The molecule has 0 atom stereocenters. The maximum absolute atomic E-state index is 5.88. The molecule has 0 aliphatic carbocycles. The average molecular weight is 279 g/mol. The molecule has 2 heterocycles. The van der Waals surface area contributed by atoms with Crippen molar-refractivity contribution in [3.05, 3.63) is 0 Å². The molecule has 2 rings (SSSR count). The molecular formula is C16H29N3O. The first-order chi connectivity index (χ1) is 9.81. The van der Waals surface area contributed by atoms with Crippen LogP contribution in [0, 0.1) is 11.8 Å². The van der Waals surface area contributed by atoms with E-state index in [9.17, 15) is 0 Å². The van der Waals surface area contributed by atoms with Crippen LogP contribution in [0.4, 0.5) is 0 Å². The van der Waals surface area contributed by atoms with Gasteiger partial charge in [0.1, 0.15) is 0 Å². The Balaban J connectivity index is 1.46. The monoisotopic (exact) mass is 279 g/mol. The van der Waals surface area contributed by atoms with Gasteiger partial charge in [-0.25, -0.2) is 0 Å². The van der Waals surface area contributed by atoms with Crippen molar-refractivity contribution in [1.82, 2.24) is 14.7 Å². The maximum Gasteiger partial charge on any atom is 0.0828 e. The van der Waals surface area contributed by atoms with Crippen molar-refractivity contribution in [2.24, 2.45) is 0 Å². The summed E-state index contributed by atoms with van der Waals surface area (Å²) in [5.41, 5.74) is 0. The van der Waals surface area contributed by atoms with Crippen LogP contribution in [0.1, 0.15) is 20.3 Å². The van der Waals surface area contributed by atoms with E-state index in [4.69, 9.17) is 4.74 Å². The fourth-order valence-electron chi connectivity index (χ4n) is 2.79. The molecule has 0 aromatic heterocycles. The van der Waals surface area contributed by atoms with Crippen molar-refractivity contribution in [2.45, 2.75) is 26.4 Å². The summed E-state index contributed by atoms with van der Waals surface area (Å²) in [6.45, 7) is 15.3. The standard InChI is InChI=1S/C16H29N3O/c1-3-5-7-18-9-11-19(12-10-18)8-6-13-20-16-14-17(4-2)15-16/h16H,4,6-15H2,1-2H3. The van der Waals surface area contributed by atoms with Crippen LogP contribution in [0.2, 0.25) is 0 Å². The highest BCUT2D eigenvalue weighted by atomic mass is 16.5. The van der Waals surface area contributed by atoms with Crippen LogP contribution in [0.5, 0.6) is 0 Å². The minimum absolute atomic E-state index is 0.499. The average Bonchev–Trinajstić information content (AvgIpc) is 2.44. The van der Waals surface area contributed by atoms with Gasteiger partial charge in [0.15, 0.2) is 0 Å². The molecule has 0 amide bonds. The lowest BCUT2D eigenvalue weighted by atomic mass is 10.2. The second-order valence-corrected chi connectivity index (χ2v) is 5.74. The second-order valence-electron chi connectivity index (χ2n) is 5.74. The molecule has 4 nitrogen and oxygen atoms in total. The summed E-state index contributed by atoms with van der Waals surface area (Å²) < 4.78 is 5.88. The highest BCUT2D eigenvalue weighted by Crippen LogP contribution is 2.11. The summed E-state index contributed by atoms with van der Waals surface area (Å²) in [6, 6.07) is 0. The van der Waals surface area contributed by atoms with Crippen LogP contribution < -0.4 is 0 Å². The van der Waals surface area contributed by atoms with E-state index in [2.05, 4.69) is 33.5 Å². The van der Waals surface area contributed by atoms with E-state index in [1.165, 1.54) is 19.6 Å². The Hall–Kier alpha value is -0.600. The van der Waals surface area contributed by atoms with Gasteiger partial charge in [-0.05, 0) is 19.9 Å². The molecule has 0 spiro atoms. The molecule has 4 heteroatoms. The number of likely N-dealkylation sites (tertiary alicyclic amines) is 1. The first-order valence-corrected chi connectivity index (χ1v) is 8.00. The van der Waals surface area contributed by atoms with Gasteiger partial charge in [0.2, 0.25) is 0 Å². The van der Waals surface area contributed by atoms with Gasteiger partial charge in [-0.15, -0.1) is 5.92 Å². The van der Waals surface area contributed by atoms with Crippen LogP contribution in [0.3, 0.4) is 0 Å². The number of hydrogen-bond donors (Lipinski definition) is 0. The predicted molar refractivity (Wildman–Crippen MR) is 82.8 cm³/mol. The third-order valence-electron chi connectivity index (χ3n) is 4.29. The van der Waals surface area contributed by atoms with E-state index in [1.807, 2.05) is 6.92 Å². The van der Waals surface area contributed by atoms with Gasteiger partial charge in [-0.1, -0.05) is 12.8 Å². The summed E-state index contributed by atoms with van der Waals surface area (Å²) in [4.78, 5) is 7.42. The lowest BCUT2D eigenvalue weighted by molar-refractivity contribution is -0.0544. The molecule has 2 aliphatic heterocycles. The third kappa shape index (κ3) is 5.06. The molecular weight excluding hydrogens is 250 g/mol. The van der Waals surface area contributed by atoms with E-state index in [-0.39, 0.29) is 0 Å². The van der Waals surface area contributed by atoms with Crippen molar-refractivity contribution in [1.29, 1.82) is 0 Å². The molecule has 0 saturated carbocycles. The number of ether oxygens (including phenoxy) is 1. The zero-order valence-electron chi connectivity index (χ0n) is 13.1. The summed E-state index contributed by atoms with van der Waals surface area (Å²) in [7, 11) is 0. The largest absolute Gasteiger partial charge is 0.376 e. The smallest absolute Gasteiger partial charge is 0.0828 e. The predicted octanol–water partition coefficient (Wildman–Crippen LogP) is 0.738. The van der Waals surface area contributed by atoms with Gasteiger partial charge < -0.3 is 9.64 Å². The second kappa shape index (κ2) is 8.63. The quantitative estimate of drug-likeness (QED) is 0.505. The van der Waals surface area contributed by atoms with Gasteiger partial charge in [-0.2, -0.15) is 0 Å². The first-order valence-electron chi connectivity index (χ1n) is 8.00. The van der Waals surface area contributed by atoms with Gasteiger partial charge in [0.25, 0.3) is 0 Å². The van der Waals surface area contributed by atoms with E-state index in [1.54, 1.807) is 0 Å². The molecule has 2 aliphatic rings. The Morgan fingerprint density at radius 1 is 1.05 bits per heavy atom. The summed E-state index contributed by atoms with van der Waals surface area (Å²) in [6.07, 6.45) is 1.66. The van der Waals surface area contributed by atoms with E-state index in [0.717, 1.165) is 52.3 Å². The molecule has 0 aromatic carbocycles. The summed E-state index contributed by atoms with van der Waals surface area (Å²) in [5.74, 6) is 6.12. The van der Waals surface area contributed by atoms with Crippen molar-refractivity contribution in [3.63, 3.8) is 0 Å². The summed E-state index contributed by atoms with van der Waals surface area (Å²) in [5, 5.41) is 0. The van der Waals surface area contributed by atoms with E-state index < -0.39 is 0 Å². The Kier molecular flexibility index (Phi) is 6.81. The molecule has 0 unspecified atom stereocenters. The number of likely N-dealkylation sites (N-methyl/N-ethyl adjacent to an activating group) is 1. The normalized spacial score (nSPS) is 22.3. The van der Waals surface area contributed by atoms with Crippen molar-refractivity contribution in [2.75, 3.05) is 65.5 Å². The van der Waals surface area contributed by atoms with Crippen LogP contribution in [0.15, 0.2) is 0 Å². The Morgan fingerprint density at radius 3 is 2.40 bits per heavy atom. The van der Waals surface area contributed by atoms with Crippen molar-refractivity contribution in [3.8, 4) is 11.8 Å². The van der Waals surface area contributed by atoms with Gasteiger partial charge in [-0.3, -0.25) is 9.80 Å². The fraction of sp³-hybridized carbons (Fsp3) is 0.875. The highest BCUT2D eigenvalue weighted by Gasteiger charge is 2.25. The zero-order valence-corrected chi connectivity index (χ0v) is 13.1. The zero-order chi connectivity index (χ0) is 14.2. The molecule has 114 valence electrons. The Bertz CT molecular complexity index is 322. The maximum atomic E-state index is 5.88. The summed E-state index contributed by atoms with van der Waals surface area (Å²) >= 11 is 0. The van der Waals surface area contributed by atoms with Crippen LogP contribution in [0.25, 0.3) is 0 Å². The number of piperazine rings is 1. The van der Waals surface area contributed by atoms with Gasteiger partial charge in [0, 0.05) is 52.4 Å². The molecule has 20 heavy (non-hydrogen) atoms. The lowest BCUT2D eigenvalue weighted by Gasteiger charge is -2.38. The minimum Gasteiger partial charge on any atom is -0.376 e. The molecule has 0 aromatic rings. The highest BCUT2D eigenvalue weighted by molar-refractivity contribution is 4.98. The Morgan fingerprint density at radius 2 is 1.75 bits per heavy atom. The molecule has 0 N–H and O–H groups in total. The van der Waals surface area contributed by atoms with Crippen LogP contribution in [-0.2, 0) is 4.74 Å². The van der Waals surface area contributed by atoms with Crippen LogP contribution in [-0.4, -0.2) is 86.3 Å². The molecule has 0 bridgehead atoms.